The van der Waals surface area contributed by atoms with Crippen molar-refractivity contribution in [3.63, 3.8) is 0 Å². The van der Waals surface area contributed by atoms with Crippen molar-refractivity contribution in [3.05, 3.63) is 12.4 Å². The van der Waals surface area contributed by atoms with Crippen molar-refractivity contribution < 1.29 is 9.90 Å². The fourth-order valence-electron chi connectivity index (χ4n) is 1.42. The number of likely N-dealkylation sites (N-methyl/N-ethyl adjacent to an activating group) is 1. The van der Waals surface area contributed by atoms with Gasteiger partial charge in [0, 0.05) is 19.2 Å². The number of anilines is 2. The minimum absolute atomic E-state index is 0.514. The van der Waals surface area contributed by atoms with Crippen molar-refractivity contribution >= 4 is 17.6 Å². The van der Waals surface area contributed by atoms with Gasteiger partial charge in [0.25, 0.3) is 0 Å². The first-order valence-electron chi connectivity index (χ1n) is 5.62. The molecule has 1 aromatic heterocycles. The lowest BCUT2D eigenvalue weighted by molar-refractivity contribution is -0.138. The number of carboxylic acids is 1. The first kappa shape index (κ1) is 11.6. The quantitative estimate of drug-likeness (QED) is 0.792. The molecule has 2 N–H and O–H groups in total. The van der Waals surface area contributed by atoms with Crippen molar-refractivity contribution in [1.29, 1.82) is 0 Å². The summed E-state index contributed by atoms with van der Waals surface area (Å²) in [6.07, 6.45) is 3.78. The molecule has 1 aromatic rings. The van der Waals surface area contributed by atoms with E-state index in [-0.39, 0.29) is 0 Å². The van der Waals surface area contributed by atoms with Gasteiger partial charge in [-0.15, -0.1) is 0 Å². The molecule has 1 aliphatic rings. The first-order chi connectivity index (χ1) is 8.08. The number of carbonyl (C=O) groups is 1. The van der Waals surface area contributed by atoms with Crippen LogP contribution in [0.1, 0.15) is 19.8 Å². The Balaban J connectivity index is 2.11. The molecule has 1 aliphatic carbocycles. The summed E-state index contributed by atoms with van der Waals surface area (Å²) in [7, 11) is 1.71. The smallest absolute Gasteiger partial charge is 0.326 e. The summed E-state index contributed by atoms with van der Waals surface area (Å²) in [5.74, 6) is 0.489. The molecule has 1 fully saturated rings. The van der Waals surface area contributed by atoms with Crippen LogP contribution in [0.4, 0.5) is 11.6 Å². The monoisotopic (exact) mass is 236 g/mol. The van der Waals surface area contributed by atoms with E-state index in [9.17, 15) is 4.79 Å². The molecule has 0 aromatic carbocycles. The van der Waals surface area contributed by atoms with Crippen molar-refractivity contribution in [2.45, 2.75) is 31.8 Å². The third-order valence-corrected chi connectivity index (χ3v) is 2.88. The van der Waals surface area contributed by atoms with Crippen molar-refractivity contribution in [2.75, 3.05) is 17.3 Å². The third-order valence-electron chi connectivity index (χ3n) is 2.88. The van der Waals surface area contributed by atoms with Crippen LogP contribution in [0.15, 0.2) is 12.4 Å². The van der Waals surface area contributed by atoms with Crippen molar-refractivity contribution in [1.82, 2.24) is 9.97 Å². The summed E-state index contributed by atoms with van der Waals surface area (Å²) in [6, 6.07) is 1.68. The topological polar surface area (TPSA) is 78.4 Å². The molecule has 6 nitrogen and oxygen atoms in total. The molecule has 0 bridgehead atoms. The van der Waals surface area contributed by atoms with E-state index in [1.165, 1.54) is 19.2 Å². The highest BCUT2D eigenvalue weighted by molar-refractivity contribution is 5.77. The summed E-state index contributed by atoms with van der Waals surface area (Å²) in [5.41, 5.74) is 0. The standard InChI is InChI=1S/C11H16N4O2/c1-7(11(16)17)15(2)10-5-9(12-6-13-10)14-8-3-4-8/h5-8H,3-4H2,1-2H3,(H,16,17)(H,12,13,14). The molecule has 0 amide bonds. The van der Waals surface area contributed by atoms with Gasteiger partial charge in [-0.2, -0.15) is 0 Å². The fraction of sp³-hybridized carbons (Fsp3) is 0.545. The summed E-state index contributed by atoms with van der Waals surface area (Å²) in [6.45, 7) is 1.62. The lowest BCUT2D eigenvalue weighted by Gasteiger charge is -2.22. The van der Waals surface area contributed by atoms with Gasteiger partial charge in [-0.25, -0.2) is 14.8 Å². The number of nitrogens with zero attached hydrogens (tertiary/aromatic N) is 3. The van der Waals surface area contributed by atoms with Gasteiger partial charge in [-0.3, -0.25) is 0 Å². The van der Waals surface area contributed by atoms with Gasteiger partial charge in [0.2, 0.25) is 0 Å². The molecule has 1 heterocycles. The second-order valence-corrected chi connectivity index (χ2v) is 4.31. The zero-order valence-electron chi connectivity index (χ0n) is 9.92. The van der Waals surface area contributed by atoms with Gasteiger partial charge in [0.15, 0.2) is 0 Å². The average molecular weight is 236 g/mol. The fourth-order valence-corrected chi connectivity index (χ4v) is 1.42. The van der Waals surface area contributed by atoms with E-state index in [4.69, 9.17) is 5.11 Å². The van der Waals surface area contributed by atoms with Crippen LogP contribution in [-0.2, 0) is 4.79 Å². The zero-order valence-corrected chi connectivity index (χ0v) is 9.92. The maximum absolute atomic E-state index is 10.9. The lowest BCUT2D eigenvalue weighted by atomic mass is 10.3. The maximum Gasteiger partial charge on any atom is 0.326 e. The van der Waals surface area contributed by atoms with Crippen LogP contribution in [0.2, 0.25) is 0 Å². The maximum atomic E-state index is 10.9. The minimum Gasteiger partial charge on any atom is -0.480 e. The molecule has 17 heavy (non-hydrogen) atoms. The summed E-state index contributed by atoms with van der Waals surface area (Å²) >= 11 is 0. The Morgan fingerprint density at radius 3 is 2.88 bits per heavy atom. The van der Waals surface area contributed by atoms with Crippen LogP contribution in [0.25, 0.3) is 0 Å². The van der Waals surface area contributed by atoms with Crippen LogP contribution in [0, 0.1) is 0 Å². The largest absolute Gasteiger partial charge is 0.480 e. The van der Waals surface area contributed by atoms with E-state index >= 15 is 0 Å². The van der Waals surface area contributed by atoms with Crippen LogP contribution in [0.5, 0.6) is 0 Å². The minimum atomic E-state index is -0.872. The van der Waals surface area contributed by atoms with E-state index in [1.807, 2.05) is 0 Å². The number of nitrogens with one attached hydrogen (secondary N) is 1. The second kappa shape index (κ2) is 4.57. The Kier molecular flexibility index (Phi) is 3.12. The zero-order chi connectivity index (χ0) is 12.4. The lowest BCUT2D eigenvalue weighted by Crippen LogP contribution is -2.36. The van der Waals surface area contributed by atoms with Gasteiger partial charge in [0.1, 0.15) is 24.0 Å². The number of aliphatic carboxylic acids is 1. The Hall–Kier alpha value is -1.85. The number of aromatic nitrogens is 2. The van der Waals surface area contributed by atoms with Gasteiger partial charge in [0.05, 0.1) is 0 Å². The molecule has 0 radical (unpaired) electrons. The van der Waals surface area contributed by atoms with Gasteiger partial charge in [-0.1, -0.05) is 0 Å². The number of rotatable bonds is 5. The molecule has 0 saturated heterocycles. The highest BCUT2D eigenvalue weighted by Gasteiger charge is 2.22. The summed E-state index contributed by atoms with van der Waals surface area (Å²) in [4.78, 5) is 20.7. The van der Waals surface area contributed by atoms with E-state index < -0.39 is 12.0 Å². The predicted molar refractivity (Wildman–Crippen MR) is 64.2 cm³/mol. The molecule has 1 unspecified atom stereocenters. The van der Waals surface area contributed by atoms with Crippen molar-refractivity contribution in [2.24, 2.45) is 0 Å². The molecule has 1 atom stereocenters. The van der Waals surface area contributed by atoms with Crippen LogP contribution in [0.3, 0.4) is 0 Å². The second-order valence-electron chi connectivity index (χ2n) is 4.31. The van der Waals surface area contributed by atoms with Gasteiger partial charge >= 0.3 is 5.97 Å². The normalized spacial score (nSPS) is 16.4. The molecule has 6 heteroatoms. The van der Waals surface area contributed by atoms with E-state index in [0.29, 0.717) is 11.9 Å². The molecular formula is C11H16N4O2. The highest BCUT2D eigenvalue weighted by atomic mass is 16.4. The summed E-state index contributed by atoms with van der Waals surface area (Å²) < 4.78 is 0. The molecule has 2 rings (SSSR count). The molecule has 92 valence electrons. The van der Waals surface area contributed by atoms with Crippen molar-refractivity contribution in [3.8, 4) is 0 Å². The Morgan fingerprint density at radius 1 is 1.59 bits per heavy atom. The highest BCUT2D eigenvalue weighted by Crippen LogP contribution is 2.24. The van der Waals surface area contributed by atoms with Gasteiger partial charge < -0.3 is 15.3 Å². The summed E-state index contributed by atoms with van der Waals surface area (Å²) in [5, 5.41) is 12.2. The predicted octanol–water partition coefficient (Wildman–Crippen LogP) is 0.960. The molecule has 1 saturated carbocycles. The first-order valence-corrected chi connectivity index (χ1v) is 5.62. The SMILES string of the molecule is CC(C(=O)O)N(C)c1cc(NC2CC2)ncn1. The Morgan fingerprint density at radius 2 is 2.29 bits per heavy atom. The number of carboxylic acid groups (broad SMARTS) is 1. The Bertz CT molecular complexity index is 420. The average Bonchev–Trinajstić information content (AvgIpc) is 3.11. The third kappa shape index (κ3) is 2.83. The van der Waals surface area contributed by atoms with E-state index in [0.717, 1.165) is 5.82 Å². The Labute approximate surface area is 99.7 Å². The van der Waals surface area contributed by atoms with E-state index in [2.05, 4.69) is 15.3 Å². The van der Waals surface area contributed by atoms with Crippen LogP contribution >= 0.6 is 0 Å². The van der Waals surface area contributed by atoms with E-state index in [1.54, 1.807) is 24.9 Å². The number of hydrogen-bond donors (Lipinski definition) is 2. The molecule has 0 aliphatic heterocycles. The van der Waals surface area contributed by atoms with Crippen LogP contribution < -0.4 is 10.2 Å². The molecule has 0 spiro atoms. The van der Waals surface area contributed by atoms with Crippen LogP contribution in [-0.4, -0.2) is 40.2 Å². The number of hydrogen-bond acceptors (Lipinski definition) is 5. The van der Waals surface area contributed by atoms with Gasteiger partial charge in [-0.05, 0) is 19.8 Å². The molecular weight excluding hydrogens is 220 g/mol.